The number of nitrogens with zero attached hydrogens (tertiary/aromatic N) is 3. The Labute approximate surface area is 206 Å². The lowest BCUT2D eigenvalue weighted by Crippen LogP contribution is -2.13. The standard InChI is InChI=1S/C22H13BrCl2N4O2S/c23-15-8-4-7-14(11-15)19(30)21(28-26-18-10-9-16(24)12-17(18)25)32-22-29-27-20(31-22)13-5-2-1-3-6-13/h1-12,26H. The van der Waals surface area contributed by atoms with Crippen LogP contribution < -0.4 is 5.43 Å². The quantitative estimate of drug-likeness (QED) is 0.0903. The Morgan fingerprint density at radius 2 is 1.81 bits per heavy atom. The van der Waals surface area contributed by atoms with Crippen molar-refractivity contribution in [2.45, 2.75) is 5.22 Å². The van der Waals surface area contributed by atoms with Crippen LogP contribution in [0.1, 0.15) is 10.4 Å². The van der Waals surface area contributed by atoms with Crippen molar-refractivity contribution < 1.29 is 9.21 Å². The molecule has 0 spiro atoms. The van der Waals surface area contributed by atoms with Gasteiger partial charge in [-0.2, -0.15) is 5.10 Å². The topological polar surface area (TPSA) is 80.4 Å². The first-order valence-electron chi connectivity index (χ1n) is 9.15. The van der Waals surface area contributed by atoms with Gasteiger partial charge >= 0.3 is 0 Å². The largest absolute Gasteiger partial charge is 0.411 e. The van der Waals surface area contributed by atoms with Crippen molar-refractivity contribution in [1.82, 2.24) is 10.2 Å². The minimum atomic E-state index is -0.326. The van der Waals surface area contributed by atoms with Gasteiger partial charge in [-0.05, 0) is 54.2 Å². The molecule has 0 aliphatic rings. The molecule has 1 heterocycles. The first-order valence-corrected chi connectivity index (χ1v) is 11.5. The summed E-state index contributed by atoms with van der Waals surface area (Å²) in [6.07, 6.45) is 0. The summed E-state index contributed by atoms with van der Waals surface area (Å²) in [5, 5.41) is 13.5. The van der Waals surface area contributed by atoms with Crippen LogP contribution in [0, 0.1) is 0 Å². The van der Waals surface area contributed by atoms with E-state index in [4.69, 9.17) is 27.6 Å². The number of hydrazone groups is 1. The normalized spacial score (nSPS) is 11.4. The zero-order chi connectivity index (χ0) is 22.5. The first-order chi connectivity index (χ1) is 15.5. The second-order valence-electron chi connectivity index (χ2n) is 6.33. The maximum Gasteiger partial charge on any atom is 0.283 e. The molecule has 0 atom stereocenters. The third-order valence-corrected chi connectivity index (χ3v) is 5.95. The highest BCUT2D eigenvalue weighted by Gasteiger charge is 2.20. The Morgan fingerprint density at radius 3 is 2.56 bits per heavy atom. The Morgan fingerprint density at radius 1 is 1.00 bits per heavy atom. The summed E-state index contributed by atoms with van der Waals surface area (Å²) in [6, 6.07) is 21.3. The zero-order valence-electron chi connectivity index (χ0n) is 16.1. The van der Waals surface area contributed by atoms with Gasteiger partial charge in [0.1, 0.15) is 0 Å². The highest BCUT2D eigenvalue weighted by atomic mass is 79.9. The number of halogens is 3. The lowest BCUT2D eigenvalue weighted by atomic mass is 10.1. The van der Waals surface area contributed by atoms with Crippen molar-refractivity contribution in [2.24, 2.45) is 5.10 Å². The molecule has 4 rings (SSSR count). The van der Waals surface area contributed by atoms with E-state index in [2.05, 4.69) is 36.7 Å². The number of carbonyl (C=O) groups is 1. The van der Waals surface area contributed by atoms with Gasteiger partial charge in [0.25, 0.3) is 5.22 Å². The van der Waals surface area contributed by atoms with Gasteiger partial charge in [0.05, 0.1) is 10.7 Å². The summed E-state index contributed by atoms with van der Waals surface area (Å²) >= 11 is 16.5. The average molecular weight is 548 g/mol. The van der Waals surface area contributed by atoms with Crippen molar-refractivity contribution >= 4 is 67.4 Å². The molecule has 160 valence electrons. The minimum Gasteiger partial charge on any atom is -0.411 e. The van der Waals surface area contributed by atoms with E-state index in [0.717, 1.165) is 21.8 Å². The van der Waals surface area contributed by atoms with E-state index in [9.17, 15) is 4.79 Å². The molecule has 1 N–H and O–H groups in total. The molecule has 0 unspecified atom stereocenters. The third kappa shape index (κ3) is 5.58. The van der Waals surface area contributed by atoms with Crippen LogP contribution in [0.5, 0.6) is 0 Å². The lowest BCUT2D eigenvalue weighted by molar-refractivity contribution is 0.106. The van der Waals surface area contributed by atoms with E-state index in [-0.39, 0.29) is 16.0 Å². The fourth-order valence-electron chi connectivity index (χ4n) is 2.60. The van der Waals surface area contributed by atoms with E-state index in [1.54, 1.807) is 36.4 Å². The van der Waals surface area contributed by atoms with Crippen molar-refractivity contribution in [3.05, 3.63) is 92.9 Å². The zero-order valence-corrected chi connectivity index (χ0v) is 20.0. The lowest BCUT2D eigenvalue weighted by Gasteiger charge is -2.07. The summed E-state index contributed by atoms with van der Waals surface area (Å²) in [5.74, 6) is 0.0180. The molecule has 0 amide bonds. The van der Waals surface area contributed by atoms with E-state index < -0.39 is 0 Å². The number of rotatable bonds is 6. The summed E-state index contributed by atoms with van der Waals surface area (Å²) in [4.78, 5) is 13.2. The Kier molecular flexibility index (Phi) is 7.26. The van der Waals surface area contributed by atoms with Gasteiger partial charge in [-0.15, -0.1) is 10.2 Å². The minimum absolute atomic E-state index is 0.0948. The summed E-state index contributed by atoms with van der Waals surface area (Å²) in [6.45, 7) is 0. The first kappa shape index (κ1) is 22.5. The van der Waals surface area contributed by atoms with E-state index in [1.807, 2.05) is 36.4 Å². The molecule has 1 aromatic heterocycles. The molecular formula is C22H13BrCl2N4O2S. The van der Waals surface area contributed by atoms with E-state index in [1.165, 1.54) is 0 Å². The number of Topliss-reactive ketones (excluding diaryl/α,β-unsaturated/α-hetero) is 1. The van der Waals surface area contributed by atoms with E-state index >= 15 is 0 Å². The fraction of sp³-hybridized carbons (Fsp3) is 0. The molecular weight excluding hydrogens is 535 g/mol. The number of hydrogen-bond acceptors (Lipinski definition) is 7. The molecule has 10 heteroatoms. The second kappa shape index (κ2) is 10.3. The number of nitrogens with one attached hydrogen (secondary N) is 1. The molecule has 32 heavy (non-hydrogen) atoms. The van der Waals surface area contributed by atoms with Crippen LogP contribution in [-0.4, -0.2) is 21.0 Å². The molecule has 0 radical (unpaired) electrons. The highest BCUT2D eigenvalue weighted by molar-refractivity contribution is 9.10. The average Bonchev–Trinajstić information content (AvgIpc) is 3.26. The number of thioether (sulfide) groups is 1. The molecule has 0 aliphatic carbocycles. The van der Waals surface area contributed by atoms with Gasteiger partial charge in [-0.1, -0.05) is 69.5 Å². The smallest absolute Gasteiger partial charge is 0.283 e. The van der Waals surface area contributed by atoms with Gasteiger partial charge in [0.15, 0.2) is 5.04 Å². The second-order valence-corrected chi connectivity index (χ2v) is 9.03. The van der Waals surface area contributed by atoms with Crippen molar-refractivity contribution in [1.29, 1.82) is 0 Å². The number of aromatic nitrogens is 2. The molecule has 0 saturated carbocycles. The van der Waals surface area contributed by atoms with Crippen LogP contribution in [0.15, 0.2) is 92.0 Å². The maximum atomic E-state index is 13.2. The SMILES string of the molecule is O=C(C(=NNc1ccc(Cl)cc1Cl)Sc1nnc(-c2ccccc2)o1)c1cccc(Br)c1. The van der Waals surface area contributed by atoms with Gasteiger partial charge < -0.3 is 4.42 Å². The Balaban J connectivity index is 1.64. The fourth-order valence-corrected chi connectivity index (χ4v) is 4.11. The van der Waals surface area contributed by atoms with Crippen LogP contribution in [-0.2, 0) is 0 Å². The summed E-state index contributed by atoms with van der Waals surface area (Å²) in [7, 11) is 0. The van der Waals surface area contributed by atoms with Crippen LogP contribution in [0.4, 0.5) is 5.69 Å². The molecule has 0 aliphatic heterocycles. The number of anilines is 1. The number of hydrogen-bond donors (Lipinski definition) is 1. The number of carbonyl (C=O) groups excluding carboxylic acids is 1. The van der Waals surface area contributed by atoms with E-state index in [0.29, 0.717) is 27.2 Å². The van der Waals surface area contributed by atoms with Crippen LogP contribution >= 0.6 is 50.9 Å². The number of benzene rings is 3. The van der Waals surface area contributed by atoms with Gasteiger partial charge in [-0.3, -0.25) is 10.2 Å². The summed E-state index contributed by atoms with van der Waals surface area (Å²) in [5.41, 5.74) is 4.53. The van der Waals surface area contributed by atoms with Gasteiger partial charge in [0, 0.05) is 20.6 Å². The van der Waals surface area contributed by atoms with Crippen molar-refractivity contribution in [3.63, 3.8) is 0 Å². The summed E-state index contributed by atoms with van der Waals surface area (Å²) < 4.78 is 6.50. The third-order valence-electron chi connectivity index (χ3n) is 4.10. The molecule has 0 fully saturated rings. The number of ketones is 1. The molecule has 0 bridgehead atoms. The predicted molar refractivity (Wildman–Crippen MR) is 132 cm³/mol. The highest BCUT2D eigenvalue weighted by Crippen LogP contribution is 2.28. The predicted octanol–water partition coefficient (Wildman–Crippen LogP) is 7.21. The molecule has 6 nitrogen and oxygen atoms in total. The van der Waals surface area contributed by atoms with Crippen LogP contribution in [0.2, 0.25) is 10.0 Å². The van der Waals surface area contributed by atoms with Crippen LogP contribution in [0.25, 0.3) is 11.5 Å². The Bertz CT molecular complexity index is 1300. The molecule has 0 saturated heterocycles. The van der Waals surface area contributed by atoms with Crippen molar-refractivity contribution in [3.8, 4) is 11.5 Å². The Hall–Kier alpha value is -2.65. The molecule has 3 aromatic carbocycles. The van der Waals surface area contributed by atoms with Crippen LogP contribution in [0.3, 0.4) is 0 Å². The van der Waals surface area contributed by atoms with Gasteiger partial charge in [-0.25, -0.2) is 0 Å². The maximum absolute atomic E-state index is 13.2. The van der Waals surface area contributed by atoms with Crippen molar-refractivity contribution in [2.75, 3.05) is 5.43 Å². The monoisotopic (exact) mass is 546 g/mol. The van der Waals surface area contributed by atoms with Gasteiger partial charge in [0.2, 0.25) is 11.7 Å². The molecule has 4 aromatic rings.